The minimum Gasteiger partial charge on any atom is -0.339 e. The van der Waals surface area contributed by atoms with E-state index in [-0.39, 0.29) is 5.91 Å². The van der Waals surface area contributed by atoms with Gasteiger partial charge in [-0.05, 0) is 43.5 Å². The van der Waals surface area contributed by atoms with Crippen LogP contribution in [-0.4, -0.2) is 33.4 Å². The highest BCUT2D eigenvalue weighted by Crippen LogP contribution is 2.13. The maximum atomic E-state index is 12.3. The molecule has 98 valence electrons. The highest BCUT2D eigenvalue weighted by Gasteiger charge is 2.18. The maximum absolute atomic E-state index is 12.3. The summed E-state index contributed by atoms with van der Waals surface area (Å²) in [6, 6.07) is 7.65. The highest BCUT2D eigenvalue weighted by molar-refractivity contribution is 5.94. The molecule has 1 aliphatic heterocycles. The molecule has 1 aliphatic rings. The Kier molecular flexibility index (Phi) is 3.31. The predicted molar refractivity (Wildman–Crippen MR) is 73.3 cm³/mol. The van der Waals surface area contributed by atoms with Crippen molar-refractivity contribution in [1.82, 2.24) is 14.5 Å². The molecule has 0 spiro atoms. The van der Waals surface area contributed by atoms with Gasteiger partial charge in [-0.1, -0.05) is 0 Å². The molecule has 1 fully saturated rings. The van der Waals surface area contributed by atoms with Gasteiger partial charge in [-0.3, -0.25) is 4.79 Å². The van der Waals surface area contributed by atoms with Gasteiger partial charge in [0.1, 0.15) is 5.82 Å². The van der Waals surface area contributed by atoms with Crippen molar-refractivity contribution in [3.63, 3.8) is 0 Å². The van der Waals surface area contributed by atoms with Crippen molar-refractivity contribution in [2.75, 3.05) is 13.1 Å². The van der Waals surface area contributed by atoms with Crippen LogP contribution < -0.4 is 0 Å². The van der Waals surface area contributed by atoms with Crippen LogP contribution in [-0.2, 0) is 0 Å². The van der Waals surface area contributed by atoms with E-state index in [9.17, 15) is 4.79 Å². The number of pyridine rings is 1. The Morgan fingerprint density at radius 2 is 1.79 bits per heavy atom. The van der Waals surface area contributed by atoms with Crippen molar-refractivity contribution < 1.29 is 4.79 Å². The number of carbonyl (C=O) groups excluding carboxylic acids is 1. The molecule has 0 bridgehead atoms. The average molecular weight is 255 g/mol. The van der Waals surface area contributed by atoms with Gasteiger partial charge in [0.15, 0.2) is 0 Å². The van der Waals surface area contributed by atoms with Crippen LogP contribution in [0.4, 0.5) is 0 Å². The van der Waals surface area contributed by atoms with Crippen molar-refractivity contribution in [3.05, 3.63) is 48.4 Å². The number of likely N-dealkylation sites (tertiary alicyclic amines) is 1. The topological polar surface area (TPSA) is 38.1 Å². The van der Waals surface area contributed by atoms with Gasteiger partial charge >= 0.3 is 0 Å². The molecule has 0 radical (unpaired) electrons. The average Bonchev–Trinajstić information content (AvgIpc) is 3.02. The lowest BCUT2D eigenvalue weighted by Gasteiger charge is -2.26. The van der Waals surface area contributed by atoms with E-state index >= 15 is 0 Å². The Balaban J connectivity index is 1.76. The van der Waals surface area contributed by atoms with Crippen LogP contribution >= 0.6 is 0 Å². The quantitative estimate of drug-likeness (QED) is 0.827. The van der Waals surface area contributed by atoms with Crippen LogP contribution in [0, 0.1) is 0 Å². The number of aromatic nitrogens is 2. The SMILES string of the molecule is O=C(c1ccc(-n2cccc2)nc1)N1CCCCC1. The molecule has 4 heteroatoms. The van der Waals surface area contributed by atoms with Gasteiger partial charge in [0.05, 0.1) is 5.56 Å². The Morgan fingerprint density at radius 3 is 2.42 bits per heavy atom. The number of nitrogens with zero attached hydrogens (tertiary/aromatic N) is 3. The molecule has 0 aromatic carbocycles. The van der Waals surface area contributed by atoms with Gasteiger partial charge in [0, 0.05) is 31.7 Å². The van der Waals surface area contributed by atoms with Gasteiger partial charge < -0.3 is 9.47 Å². The van der Waals surface area contributed by atoms with E-state index in [1.165, 1.54) is 6.42 Å². The monoisotopic (exact) mass is 255 g/mol. The lowest BCUT2D eigenvalue weighted by atomic mass is 10.1. The number of hydrogen-bond donors (Lipinski definition) is 0. The molecule has 4 nitrogen and oxygen atoms in total. The largest absolute Gasteiger partial charge is 0.339 e. The molecule has 19 heavy (non-hydrogen) atoms. The third kappa shape index (κ3) is 2.52. The summed E-state index contributed by atoms with van der Waals surface area (Å²) >= 11 is 0. The van der Waals surface area contributed by atoms with Crippen LogP contribution in [0.2, 0.25) is 0 Å². The first-order valence-corrected chi connectivity index (χ1v) is 6.73. The zero-order chi connectivity index (χ0) is 13.1. The standard InChI is InChI=1S/C15H17N3O/c19-15(18-10-2-1-3-11-18)13-6-7-14(16-12-13)17-8-4-5-9-17/h4-9,12H,1-3,10-11H2. The fourth-order valence-electron chi connectivity index (χ4n) is 2.43. The molecular weight excluding hydrogens is 238 g/mol. The molecule has 1 amide bonds. The van der Waals surface area contributed by atoms with Crippen LogP contribution in [0.25, 0.3) is 5.82 Å². The van der Waals surface area contributed by atoms with E-state index in [1.807, 2.05) is 46.1 Å². The summed E-state index contributed by atoms with van der Waals surface area (Å²) in [5, 5.41) is 0. The third-order valence-electron chi connectivity index (χ3n) is 3.51. The van der Waals surface area contributed by atoms with Crippen LogP contribution in [0.5, 0.6) is 0 Å². The molecule has 2 aromatic heterocycles. The van der Waals surface area contributed by atoms with Crippen molar-refractivity contribution >= 4 is 5.91 Å². The van der Waals surface area contributed by atoms with Gasteiger partial charge in [0.2, 0.25) is 0 Å². The molecule has 0 N–H and O–H groups in total. The highest BCUT2D eigenvalue weighted by atomic mass is 16.2. The van der Waals surface area contributed by atoms with E-state index in [1.54, 1.807) is 6.20 Å². The molecule has 1 saturated heterocycles. The minimum atomic E-state index is 0.103. The molecule has 0 aliphatic carbocycles. The number of rotatable bonds is 2. The molecule has 3 heterocycles. The number of piperidine rings is 1. The van der Waals surface area contributed by atoms with Gasteiger partial charge in [-0.15, -0.1) is 0 Å². The maximum Gasteiger partial charge on any atom is 0.255 e. The second kappa shape index (κ2) is 5.26. The lowest BCUT2D eigenvalue weighted by molar-refractivity contribution is 0.0724. The predicted octanol–water partition coefficient (Wildman–Crippen LogP) is 2.50. The smallest absolute Gasteiger partial charge is 0.255 e. The van der Waals surface area contributed by atoms with Gasteiger partial charge in [0.25, 0.3) is 5.91 Å². The first-order chi connectivity index (χ1) is 9.34. The summed E-state index contributed by atoms with van der Waals surface area (Å²) in [7, 11) is 0. The molecule has 0 atom stereocenters. The van der Waals surface area contributed by atoms with Crippen LogP contribution in [0.3, 0.4) is 0 Å². The molecule has 2 aromatic rings. The van der Waals surface area contributed by atoms with E-state index in [0.29, 0.717) is 5.56 Å². The summed E-state index contributed by atoms with van der Waals surface area (Å²) in [5.41, 5.74) is 0.679. The first kappa shape index (κ1) is 12.0. The van der Waals surface area contributed by atoms with Crippen LogP contribution in [0.15, 0.2) is 42.9 Å². The Hall–Kier alpha value is -2.10. The molecule has 0 unspecified atom stereocenters. The zero-order valence-electron chi connectivity index (χ0n) is 10.8. The summed E-state index contributed by atoms with van der Waals surface area (Å²) in [5.74, 6) is 0.937. The van der Waals surface area contributed by atoms with Crippen molar-refractivity contribution in [2.24, 2.45) is 0 Å². The molecule has 3 rings (SSSR count). The first-order valence-electron chi connectivity index (χ1n) is 6.73. The van der Waals surface area contributed by atoms with E-state index < -0.39 is 0 Å². The Morgan fingerprint density at radius 1 is 1.05 bits per heavy atom. The lowest BCUT2D eigenvalue weighted by Crippen LogP contribution is -2.35. The Labute approximate surface area is 112 Å². The van der Waals surface area contributed by atoms with E-state index in [0.717, 1.165) is 31.7 Å². The third-order valence-corrected chi connectivity index (χ3v) is 3.51. The summed E-state index contributed by atoms with van der Waals surface area (Å²) in [6.45, 7) is 1.75. The normalized spacial score (nSPS) is 15.5. The van der Waals surface area contributed by atoms with Crippen molar-refractivity contribution in [1.29, 1.82) is 0 Å². The second-order valence-corrected chi connectivity index (χ2v) is 4.85. The van der Waals surface area contributed by atoms with E-state index in [2.05, 4.69) is 4.98 Å². The molecule has 0 saturated carbocycles. The summed E-state index contributed by atoms with van der Waals surface area (Å²) in [6.07, 6.45) is 9.00. The Bertz CT molecular complexity index is 539. The second-order valence-electron chi connectivity index (χ2n) is 4.85. The van der Waals surface area contributed by atoms with Gasteiger partial charge in [-0.25, -0.2) is 4.98 Å². The fourth-order valence-corrected chi connectivity index (χ4v) is 2.43. The number of hydrogen-bond acceptors (Lipinski definition) is 2. The number of amides is 1. The van der Waals surface area contributed by atoms with Gasteiger partial charge in [-0.2, -0.15) is 0 Å². The number of carbonyl (C=O) groups is 1. The zero-order valence-corrected chi connectivity index (χ0v) is 10.8. The van der Waals surface area contributed by atoms with Crippen LogP contribution in [0.1, 0.15) is 29.6 Å². The minimum absolute atomic E-state index is 0.103. The van der Waals surface area contributed by atoms with Crippen molar-refractivity contribution in [2.45, 2.75) is 19.3 Å². The summed E-state index contributed by atoms with van der Waals surface area (Å²) in [4.78, 5) is 18.6. The summed E-state index contributed by atoms with van der Waals surface area (Å²) < 4.78 is 1.93. The van der Waals surface area contributed by atoms with Crippen molar-refractivity contribution in [3.8, 4) is 5.82 Å². The molecular formula is C15H17N3O. The van der Waals surface area contributed by atoms with E-state index in [4.69, 9.17) is 0 Å². The fraction of sp³-hybridized carbons (Fsp3) is 0.333.